The van der Waals surface area contributed by atoms with E-state index in [1.54, 1.807) is 0 Å². The Labute approximate surface area is 110 Å². The number of esters is 1. The van der Waals surface area contributed by atoms with Crippen molar-refractivity contribution in [2.24, 2.45) is 5.73 Å². The second-order valence-electron chi connectivity index (χ2n) is 3.59. The molecule has 0 fully saturated rings. The van der Waals surface area contributed by atoms with Crippen molar-refractivity contribution in [1.82, 2.24) is 4.98 Å². The highest BCUT2D eigenvalue weighted by molar-refractivity contribution is 5.95. The molecule has 19 heavy (non-hydrogen) atoms. The first-order chi connectivity index (χ1) is 9.04. The van der Waals surface area contributed by atoms with Crippen LogP contribution in [0.25, 0.3) is 0 Å². The number of methoxy groups -OCH3 is 1. The molecule has 5 N–H and O–H groups in total. The van der Waals surface area contributed by atoms with Gasteiger partial charge in [0, 0.05) is 6.54 Å². The smallest absolute Gasteiger partial charge is 0.340 e. The number of nitrogens with one attached hydrogen (secondary N) is 1. The van der Waals surface area contributed by atoms with Gasteiger partial charge in [-0.1, -0.05) is 0 Å². The van der Waals surface area contributed by atoms with E-state index in [0.717, 1.165) is 0 Å². The summed E-state index contributed by atoms with van der Waals surface area (Å²) in [4.78, 5) is 25.8. The molecule has 0 unspecified atom stereocenters. The molecule has 0 aliphatic heterocycles. The van der Waals surface area contributed by atoms with Gasteiger partial charge in [-0.05, 0) is 6.07 Å². The molecule has 8 nitrogen and oxygen atoms in total. The summed E-state index contributed by atoms with van der Waals surface area (Å²) < 4.78 is 9.55. The Balaban J connectivity index is 2.50. The zero-order valence-electron chi connectivity index (χ0n) is 10.5. The summed E-state index contributed by atoms with van der Waals surface area (Å²) in [5.41, 5.74) is 11.0. The zero-order chi connectivity index (χ0) is 14.3. The number of rotatable bonds is 7. The van der Waals surface area contributed by atoms with Crippen molar-refractivity contribution in [2.45, 2.75) is 0 Å². The maximum Gasteiger partial charge on any atom is 0.340 e. The molecule has 0 spiro atoms. The minimum Gasteiger partial charge on any atom is -0.465 e. The van der Waals surface area contributed by atoms with Gasteiger partial charge < -0.3 is 26.3 Å². The van der Waals surface area contributed by atoms with Gasteiger partial charge in [-0.25, -0.2) is 9.78 Å². The van der Waals surface area contributed by atoms with Crippen molar-refractivity contribution in [2.75, 3.05) is 37.9 Å². The topological polar surface area (TPSA) is 130 Å². The standard InChI is InChI=1S/C11H16N4O4/c1-18-11(17)7-4-10(15-5-8(7)12)14-2-3-19-6-9(13)16/h4-5H,2-3,6,12H2,1H3,(H2,13,16)(H,14,15). The van der Waals surface area contributed by atoms with Gasteiger partial charge in [0.05, 0.1) is 31.2 Å². The normalized spacial score (nSPS) is 9.95. The van der Waals surface area contributed by atoms with Gasteiger partial charge >= 0.3 is 5.97 Å². The maximum atomic E-state index is 11.4. The van der Waals surface area contributed by atoms with Crippen molar-refractivity contribution in [3.63, 3.8) is 0 Å². The summed E-state index contributed by atoms with van der Waals surface area (Å²) in [7, 11) is 1.27. The van der Waals surface area contributed by atoms with Gasteiger partial charge in [0.25, 0.3) is 0 Å². The first-order valence-corrected chi connectivity index (χ1v) is 5.48. The third-order valence-electron chi connectivity index (χ3n) is 2.14. The Morgan fingerprint density at radius 1 is 1.47 bits per heavy atom. The minimum absolute atomic E-state index is 0.135. The van der Waals surface area contributed by atoms with Gasteiger partial charge in [-0.15, -0.1) is 0 Å². The molecule has 104 valence electrons. The lowest BCUT2D eigenvalue weighted by Gasteiger charge is -2.08. The van der Waals surface area contributed by atoms with Gasteiger partial charge in [0.1, 0.15) is 12.4 Å². The number of hydrogen-bond acceptors (Lipinski definition) is 7. The molecular weight excluding hydrogens is 252 g/mol. The van der Waals surface area contributed by atoms with Crippen LogP contribution in [0.1, 0.15) is 10.4 Å². The van der Waals surface area contributed by atoms with E-state index in [9.17, 15) is 9.59 Å². The second-order valence-corrected chi connectivity index (χ2v) is 3.59. The number of amides is 1. The molecule has 0 saturated carbocycles. The van der Waals surface area contributed by atoms with Crippen LogP contribution in [0.2, 0.25) is 0 Å². The van der Waals surface area contributed by atoms with Gasteiger partial charge in [0.2, 0.25) is 5.91 Å². The number of nitrogens with zero attached hydrogens (tertiary/aromatic N) is 1. The van der Waals surface area contributed by atoms with Crippen molar-refractivity contribution in [3.05, 3.63) is 17.8 Å². The van der Waals surface area contributed by atoms with Crippen LogP contribution in [-0.4, -0.2) is 43.7 Å². The average molecular weight is 268 g/mol. The number of carbonyl (C=O) groups is 2. The highest BCUT2D eigenvalue weighted by Crippen LogP contribution is 2.15. The third kappa shape index (κ3) is 4.80. The van der Waals surface area contributed by atoms with Crippen LogP contribution in [0, 0.1) is 0 Å². The summed E-state index contributed by atoms with van der Waals surface area (Å²) in [6.07, 6.45) is 1.36. The molecule has 0 saturated heterocycles. The van der Waals surface area contributed by atoms with E-state index in [0.29, 0.717) is 12.4 Å². The average Bonchev–Trinajstić information content (AvgIpc) is 2.39. The molecular formula is C11H16N4O4. The van der Waals surface area contributed by atoms with Crippen molar-refractivity contribution in [3.8, 4) is 0 Å². The van der Waals surface area contributed by atoms with Gasteiger partial charge in [0.15, 0.2) is 0 Å². The number of carbonyl (C=O) groups excluding carboxylic acids is 2. The number of nitrogen functional groups attached to an aromatic ring is 1. The minimum atomic E-state index is -0.534. The van der Waals surface area contributed by atoms with E-state index in [-0.39, 0.29) is 24.5 Å². The van der Waals surface area contributed by atoms with E-state index >= 15 is 0 Å². The molecule has 1 amide bonds. The first-order valence-electron chi connectivity index (χ1n) is 5.48. The maximum absolute atomic E-state index is 11.4. The zero-order valence-corrected chi connectivity index (χ0v) is 10.5. The largest absolute Gasteiger partial charge is 0.465 e. The number of ether oxygens (including phenoxy) is 2. The predicted octanol–water partition coefficient (Wildman–Crippen LogP) is -0.636. The van der Waals surface area contributed by atoms with Crippen LogP contribution in [-0.2, 0) is 14.3 Å². The van der Waals surface area contributed by atoms with Crippen LogP contribution in [0.3, 0.4) is 0 Å². The number of primary amides is 1. The molecule has 8 heteroatoms. The molecule has 0 aliphatic carbocycles. The van der Waals surface area contributed by atoms with Crippen LogP contribution in [0.15, 0.2) is 12.3 Å². The Morgan fingerprint density at radius 3 is 2.84 bits per heavy atom. The number of hydrogen-bond donors (Lipinski definition) is 3. The van der Waals surface area contributed by atoms with Gasteiger partial charge in [-0.2, -0.15) is 0 Å². The molecule has 1 rings (SSSR count). The second kappa shape index (κ2) is 7.17. The van der Waals surface area contributed by atoms with E-state index in [1.807, 2.05) is 0 Å². The molecule has 0 atom stereocenters. The first kappa shape index (κ1) is 14.7. The van der Waals surface area contributed by atoms with Crippen LogP contribution < -0.4 is 16.8 Å². The van der Waals surface area contributed by atoms with Crippen LogP contribution in [0.4, 0.5) is 11.5 Å². The van der Waals surface area contributed by atoms with Gasteiger partial charge in [-0.3, -0.25) is 4.79 Å². The molecule has 1 heterocycles. The fourth-order valence-corrected chi connectivity index (χ4v) is 1.27. The molecule has 0 bridgehead atoms. The number of anilines is 2. The molecule has 1 aromatic heterocycles. The number of aromatic nitrogens is 1. The lowest BCUT2D eigenvalue weighted by Crippen LogP contribution is -2.20. The summed E-state index contributed by atoms with van der Waals surface area (Å²) in [6, 6.07) is 1.48. The van der Waals surface area contributed by atoms with Crippen molar-refractivity contribution < 1.29 is 19.1 Å². The molecule has 1 aromatic rings. The highest BCUT2D eigenvalue weighted by Gasteiger charge is 2.11. The number of pyridine rings is 1. The highest BCUT2D eigenvalue weighted by atomic mass is 16.5. The molecule has 0 aliphatic rings. The SMILES string of the molecule is COC(=O)c1cc(NCCOCC(N)=O)ncc1N. The van der Waals surface area contributed by atoms with Crippen LogP contribution >= 0.6 is 0 Å². The number of nitrogens with two attached hydrogens (primary N) is 2. The Bertz CT molecular complexity index is 464. The lowest BCUT2D eigenvalue weighted by atomic mass is 10.2. The van der Waals surface area contributed by atoms with E-state index < -0.39 is 11.9 Å². The quantitative estimate of drug-likeness (QED) is 0.443. The Hall–Kier alpha value is -2.35. The van der Waals surface area contributed by atoms with E-state index in [2.05, 4.69) is 15.0 Å². The van der Waals surface area contributed by atoms with E-state index in [1.165, 1.54) is 19.4 Å². The Morgan fingerprint density at radius 2 is 2.21 bits per heavy atom. The lowest BCUT2D eigenvalue weighted by molar-refractivity contribution is -0.122. The fraction of sp³-hybridized carbons (Fsp3) is 0.364. The summed E-state index contributed by atoms with van der Waals surface area (Å²) in [6.45, 7) is 0.553. The van der Waals surface area contributed by atoms with Crippen LogP contribution in [0.5, 0.6) is 0 Å². The fourth-order valence-electron chi connectivity index (χ4n) is 1.27. The Kier molecular flexibility index (Phi) is 5.55. The van der Waals surface area contributed by atoms with Crippen molar-refractivity contribution in [1.29, 1.82) is 0 Å². The summed E-state index contributed by atoms with van der Waals surface area (Å²) in [5.74, 6) is -0.608. The predicted molar refractivity (Wildman–Crippen MR) is 68.5 cm³/mol. The monoisotopic (exact) mass is 268 g/mol. The van der Waals surface area contributed by atoms with Crippen molar-refractivity contribution >= 4 is 23.4 Å². The summed E-state index contributed by atoms with van der Waals surface area (Å²) >= 11 is 0. The third-order valence-corrected chi connectivity index (χ3v) is 2.14. The molecule has 0 aromatic carbocycles. The molecule has 0 radical (unpaired) electrons. The van der Waals surface area contributed by atoms with E-state index in [4.69, 9.17) is 16.2 Å². The summed E-state index contributed by atoms with van der Waals surface area (Å²) in [5, 5.41) is 2.91.